The summed E-state index contributed by atoms with van der Waals surface area (Å²) in [6.07, 6.45) is 1.25. The van der Waals surface area contributed by atoms with Gasteiger partial charge in [0.15, 0.2) is 0 Å². The maximum absolute atomic E-state index is 11.0. The molecule has 20 heavy (non-hydrogen) atoms. The van der Waals surface area contributed by atoms with E-state index in [4.69, 9.17) is 0 Å². The number of pyridine rings is 1. The monoisotopic (exact) mass is 333 g/mol. The second kappa shape index (κ2) is 7.14. The van der Waals surface area contributed by atoms with Crippen molar-refractivity contribution >= 4 is 31.1 Å². The summed E-state index contributed by atoms with van der Waals surface area (Å²) in [5, 5.41) is 0.0869. The first kappa shape index (κ1) is 20.5. The average molecular weight is 333 g/mol. The van der Waals surface area contributed by atoms with Crippen LogP contribution < -0.4 is 59.1 Å². The fourth-order valence-corrected chi connectivity index (χ4v) is 2.75. The number of nitrogens with zero attached hydrogens (tertiary/aromatic N) is 1. The second-order valence-electron chi connectivity index (χ2n) is 3.40. The fourth-order valence-electron chi connectivity index (χ4n) is 1.47. The molecule has 0 N–H and O–H groups in total. The Morgan fingerprint density at radius 3 is 2.05 bits per heavy atom. The Bertz CT molecular complexity index is 835. The van der Waals surface area contributed by atoms with Gasteiger partial charge in [0.05, 0.1) is 15.3 Å². The smallest absolute Gasteiger partial charge is 0.744 e. The summed E-state index contributed by atoms with van der Waals surface area (Å²) in [4.78, 5) is 2.09. The fraction of sp³-hybridized carbons (Fsp3) is 0. The molecule has 7 nitrogen and oxygen atoms in total. The predicted molar refractivity (Wildman–Crippen MR) is 57.7 cm³/mol. The van der Waals surface area contributed by atoms with E-state index in [1.54, 1.807) is 0 Å². The Labute approximate surface area is 159 Å². The standard InChI is InChI=1S/C9H7NO6S2.2Na/c11-17(12,13)7-4-6-2-1-3-10-9(6)8(5-7)18(14,15)16;;/h1-5H,(H,11,12,13)(H,14,15,16);;/q;2*+1/p-2. The van der Waals surface area contributed by atoms with Crippen LogP contribution in [-0.2, 0) is 20.2 Å². The van der Waals surface area contributed by atoms with Gasteiger partial charge in [0, 0.05) is 11.6 Å². The second-order valence-corrected chi connectivity index (χ2v) is 6.13. The maximum atomic E-state index is 11.0. The summed E-state index contributed by atoms with van der Waals surface area (Å²) in [6.45, 7) is 0. The van der Waals surface area contributed by atoms with Crippen LogP contribution in [0, 0.1) is 0 Å². The van der Waals surface area contributed by atoms with E-state index in [-0.39, 0.29) is 70.0 Å². The Kier molecular flexibility index (Phi) is 7.30. The van der Waals surface area contributed by atoms with Gasteiger partial charge in [-0.2, -0.15) is 0 Å². The molecule has 0 aliphatic heterocycles. The van der Waals surface area contributed by atoms with Gasteiger partial charge < -0.3 is 9.11 Å². The predicted octanol–water partition coefficient (Wildman–Crippen LogP) is -5.95. The van der Waals surface area contributed by atoms with E-state index in [2.05, 4.69) is 4.98 Å². The number of hydrogen-bond donors (Lipinski definition) is 0. The summed E-state index contributed by atoms with van der Waals surface area (Å²) in [5.41, 5.74) is -0.167. The molecule has 2 aromatic rings. The number of hydrogen-bond acceptors (Lipinski definition) is 7. The molecule has 1 heterocycles. The van der Waals surface area contributed by atoms with Crippen LogP contribution in [0.4, 0.5) is 0 Å². The van der Waals surface area contributed by atoms with Crippen LogP contribution in [0.5, 0.6) is 0 Å². The first-order valence-electron chi connectivity index (χ1n) is 4.50. The summed E-state index contributed by atoms with van der Waals surface area (Å²) >= 11 is 0. The minimum absolute atomic E-state index is 0. The van der Waals surface area contributed by atoms with Gasteiger partial charge in [-0.05, 0) is 18.2 Å². The average Bonchev–Trinajstić information content (AvgIpc) is 2.25. The van der Waals surface area contributed by atoms with E-state index in [0.717, 1.165) is 6.07 Å². The molecule has 0 saturated heterocycles. The van der Waals surface area contributed by atoms with E-state index in [0.29, 0.717) is 6.07 Å². The van der Waals surface area contributed by atoms with Crippen LogP contribution in [0.25, 0.3) is 10.9 Å². The molecule has 0 fully saturated rings. The van der Waals surface area contributed by atoms with Crippen LogP contribution in [0.2, 0.25) is 0 Å². The third kappa shape index (κ3) is 4.47. The third-order valence-corrected chi connectivity index (χ3v) is 3.86. The Morgan fingerprint density at radius 2 is 1.55 bits per heavy atom. The number of benzene rings is 1. The normalized spacial score (nSPS) is 11.5. The van der Waals surface area contributed by atoms with Gasteiger partial charge in [-0.15, -0.1) is 0 Å². The van der Waals surface area contributed by atoms with E-state index in [9.17, 15) is 25.9 Å². The number of rotatable bonds is 2. The molecule has 1 aromatic carbocycles. The quantitative estimate of drug-likeness (QED) is 0.395. The Balaban J connectivity index is 0.00000180. The molecule has 11 heteroatoms. The largest absolute Gasteiger partial charge is 1.00 e. The van der Waals surface area contributed by atoms with Crippen LogP contribution in [0.3, 0.4) is 0 Å². The molecule has 0 radical (unpaired) electrons. The zero-order valence-corrected chi connectivity index (χ0v) is 16.2. The molecule has 0 saturated carbocycles. The maximum Gasteiger partial charge on any atom is 1.00 e. The van der Waals surface area contributed by atoms with E-state index >= 15 is 0 Å². The molecule has 0 atom stereocenters. The Morgan fingerprint density at radius 1 is 0.950 bits per heavy atom. The molecular formula is C9H5NNa2O6S2. The molecule has 0 amide bonds. The molecule has 0 unspecified atom stereocenters. The third-order valence-electron chi connectivity index (χ3n) is 2.20. The van der Waals surface area contributed by atoms with Gasteiger partial charge in [-0.3, -0.25) is 4.98 Å². The zero-order valence-electron chi connectivity index (χ0n) is 10.6. The van der Waals surface area contributed by atoms with E-state index in [1.807, 2.05) is 0 Å². The van der Waals surface area contributed by atoms with Crippen molar-refractivity contribution in [3.63, 3.8) is 0 Å². The topological polar surface area (TPSA) is 127 Å². The Hall–Kier alpha value is 0.450. The molecule has 0 aliphatic rings. The van der Waals surface area contributed by atoms with E-state index < -0.39 is 30.0 Å². The molecule has 0 bridgehead atoms. The summed E-state index contributed by atoms with van der Waals surface area (Å²) in [7, 11) is -9.79. The van der Waals surface area contributed by atoms with Gasteiger partial charge in [0.25, 0.3) is 0 Å². The van der Waals surface area contributed by atoms with Gasteiger partial charge in [0.2, 0.25) is 0 Å². The first-order chi connectivity index (χ1) is 8.19. The molecule has 1 aromatic heterocycles. The molecule has 0 spiro atoms. The van der Waals surface area contributed by atoms with Gasteiger partial charge in [0.1, 0.15) is 20.2 Å². The van der Waals surface area contributed by atoms with Crippen molar-refractivity contribution in [3.05, 3.63) is 30.5 Å². The van der Waals surface area contributed by atoms with E-state index in [1.165, 1.54) is 18.3 Å². The van der Waals surface area contributed by atoms with Gasteiger partial charge in [-0.25, -0.2) is 16.8 Å². The van der Waals surface area contributed by atoms with Crippen molar-refractivity contribution in [1.29, 1.82) is 0 Å². The summed E-state index contributed by atoms with van der Waals surface area (Å²) in [5.74, 6) is 0. The number of aromatic nitrogens is 1. The van der Waals surface area contributed by atoms with Gasteiger partial charge in [-0.1, -0.05) is 6.07 Å². The molecular weight excluding hydrogens is 328 g/mol. The van der Waals surface area contributed by atoms with Crippen molar-refractivity contribution in [3.8, 4) is 0 Å². The van der Waals surface area contributed by atoms with Crippen molar-refractivity contribution in [2.75, 3.05) is 0 Å². The summed E-state index contributed by atoms with van der Waals surface area (Å²) in [6, 6.07) is 4.27. The van der Waals surface area contributed by atoms with Crippen molar-refractivity contribution < 1.29 is 85.1 Å². The van der Waals surface area contributed by atoms with Crippen LogP contribution in [0.15, 0.2) is 40.3 Å². The number of fused-ring (bicyclic) bond motifs is 1. The van der Waals surface area contributed by atoms with Crippen molar-refractivity contribution in [2.24, 2.45) is 0 Å². The minimum Gasteiger partial charge on any atom is -0.744 e. The van der Waals surface area contributed by atoms with Gasteiger partial charge >= 0.3 is 59.1 Å². The first-order valence-corrected chi connectivity index (χ1v) is 7.32. The SMILES string of the molecule is O=S(=O)([O-])c1cc(S(=O)(=O)[O-])c2ncccc2c1.[Na+].[Na+]. The zero-order chi connectivity index (χ0) is 13.6. The molecule has 2 rings (SSSR count). The van der Waals surface area contributed by atoms with Crippen LogP contribution in [0.1, 0.15) is 0 Å². The van der Waals surface area contributed by atoms with Crippen LogP contribution in [-0.4, -0.2) is 30.9 Å². The minimum atomic E-state index is -4.93. The summed E-state index contributed by atoms with van der Waals surface area (Å²) < 4.78 is 65.7. The molecule has 96 valence electrons. The molecule has 0 aliphatic carbocycles. The van der Waals surface area contributed by atoms with Crippen LogP contribution >= 0.6 is 0 Å². The van der Waals surface area contributed by atoms with Crippen molar-refractivity contribution in [2.45, 2.75) is 9.79 Å². The van der Waals surface area contributed by atoms with Crippen molar-refractivity contribution in [1.82, 2.24) is 4.98 Å².